The van der Waals surface area contributed by atoms with Gasteiger partial charge < -0.3 is 0 Å². The van der Waals surface area contributed by atoms with Gasteiger partial charge in [0.25, 0.3) is 0 Å². The molecule has 0 saturated heterocycles. The Hall–Kier alpha value is -2.29. The Morgan fingerprint density at radius 1 is 1.21 bits per heavy atom. The molecule has 2 heterocycles. The zero-order valence-electron chi connectivity index (χ0n) is 12.7. The Labute approximate surface area is 144 Å². The van der Waals surface area contributed by atoms with Gasteiger partial charge in [0.1, 0.15) is 0 Å². The lowest BCUT2D eigenvalue weighted by molar-refractivity contribution is 0.580. The van der Waals surface area contributed by atoms with Crippen LogP contribution in [0.4, 0.5) is 0 Å². The minimum absolute atomic E-state index is 0.0267. The van der Waals surface area contributed by atoms with Crippen molar-refractivity contribution in [3.63, 3.8) is 0 Å². The summed E-state index contributed by atoms with van der Waals surface area (Å²) in [5.74, 6) is 0. The number of halogens is 1. The fraction of sp³-hybridized carbons (Fsp3) is 0.133. The highest BCUT2D eigenvalue weighted by molar-refractivity contribution is 7.89. The van der Waals surface area contributed by atoms with Crippen LogP contribution in [0.3, 0.4) is 0 Å². The van der Waals surface area contributed by atoms with Crippen molar-refractivity contribution in [1.29, 1.82) is 0 Å². The van der Waals surface area contributed by atoms with E-state index in [1.165, 1.54) is 12.1 Å². The average molecular weight is 364 g/mol. The molecule has 124 valence electrons. The van der Waals surface area contributed by atoms with Crippen LogP contribution in [0.25, 0.3) is 5.69 Å². The Morgan fingerprint density at radius 3 is 2.67 bits per heavy atom. The van der Waals surface area contributed by atoms with Crippen molar-refractivity contribution in [3.8, 4) is 5.69 Å². The van der Waals surface area contributed by atoms with Crippen molar-refractivity contribution in [1.82, 2.24) is 24.7 Å². The number of nitrogens with zero attached hydrogens (tertiary/aromatic N) is 4. The van der Waals surface area contributed by atoms with Crippen LogP contribution in [-0.4, -0.2) is 28.4 Å². The van der Waals surface area contributed by atoms with Gasteiger partial charge in [-0.15, -0.1) is 5.10 Å². The molecule has 9 heteroatoms. The summed E-state index contributed by atoms with van der Waals surface area (Å²) in [5, 5.41) is 8.33. The number of pyridine rings is 1. The second-order valence-corrected chi connectivity index (χ2v) is 7.27. The van der Waals surface area contributed by atoms with E-state index in [1.54, 1.807) is 41.5 Å². The fourth-order valence-electron chi connectivity index (χ4n) is 2.00. The molecule has 0 aliphatic heterocycles. The second kappa shape index (κ2) is 6.68. The molecule has 0 fully saturated rings. The van der Waals surface area contributed by atoms with Gasteiger partial charge in [0.15, 0.2) is 0 Å². The van der Waals surface area contributed by atoms with Crippen LogP contribution in [0.5, 0.6) is 0 Å². The standard InChI is InChI=1S/C15H14ClN5O2S/c1-11-2-3-14(8-15(11)16)24(22,23)18-9-12-10-21(20-19-12)13-4-6-17-7-5-13/h2-8,10,18H,9H2,1H3. The third-order valence-corrected chi connectivity index (χ3v) is 5.17. The van der Waals surface area contributed by atoms with Crippen molar-refractivity contribution in [3.05, 3.63) is 65.2 Å². The molecule has 0 aliphatic carbocycles. The molecule has 0 saturated carbocycles. The number of rotatable bonds is 5. The summed E-state index contributed by atoms with van der Waals surface area (Å²) in [7, 11) is -3.67. The molecule has 0 atom stereocenters. The van der Waals surface area contributed by atoms with Crippen LogP contribution < -0.4 is 4.72 Å². The van der Waals surface area contributed by atoms with Crippen molar-refractivity contribution >= 4 is 21.6 Å². The highest BCUT2D eigenvalue weighted by Crippen LogP contribution is 2.20. The van der Waals surface area contributed by atoms with Crippen LogP contribution in [-0.2, 0) is 16.6 Å². The summed E-state index contributed by atoms with van der Waals surface area (Å²) in [4.78, 5) is 4.04. The first-order chi connectivity index (χ1) is 11.5. The van der Waals surface area contributed by atoms with E-state index in [-0.39, 0.29) is 11.4 Å². The number of aryl methyl sites for hydroxylation is 1. The van der Waals surface area contributed by atoms with Crippen LogP contribution in [0.2, 0.25) is 5.02 Å². The molecule has 0 spiro atoms. The maximum Gasteiger partial charge on any atom is 0.240 e. The number of aromatic nitrogens is 4. The van der Waals surface area contributed by atoms with E-state index in [0.717, 1.165) is 11.3 Å². The van der Waals surface area contributed by atoms with E-state index in [9.17, 15) is 8.42 Å². The molecule has 0 aliphatic rings. The van der Waals surface area contributed by atoms with Gasteiger partial charge in [-0.3, -0.25) is 4.98 Å². The minimum atomic E-state index is -3.67. The lowest BCUT2D eigenvalue weighted by Crippen LogP contribution is -2.23. The van der Waals surface area contributed by atoms with E-state index in [4.69, 9.17) is 11.6 Å². The van der Waals surface area contributed by atoms with Crippen LogP contribution in [0.1, 0.15) is 11.3 Å². The summed E-state index contributed by atoms with van der Waals surface area (Å²) in [6.45, 7) is 1.84. The van der Waals surface area contributed by atoms with Gasteiger partial charge in [-0.05, 0) is 36.8 Å². The maximum atomic E-state index is 12.3. The molecule has 0 radical (unpaired) electrons. The van der Waals surface area contributed by atoms with Crippen molar-refractivity contribution in [2.45, 2.75) is 18.4 Å². The summed E-state index contributed by atoms with van der Waals surface area (Å²) >= 11 is 5.99. The fourth-order valence-corrected chi connectivity index (χ4v) is 3.27. The highest BCUT2D eigenvalue weighted by Gasteiger charge is 2.15. The summed E-state index contributed by atoms with van der Waals surface area (Å²) in [5.41, 5.74) is 2.10. The van der Waals surface area contributed by atoms with Gasteiger partial charge in [0.2, 0.25) is 10.0 Å². The Kier molecular flexibility index (Phi) is 4.61. The van der Waals surface area contributed by atoms with Gasteiger partial charge in [-0.25, -0.2) is 17.8 Å². The van der Waals surface area contributed by atoms with Gasteiger partial charge >= 0.3 is 0 Å². The lowest BCUT2D eigenvalue weighted by Gasteiger charge is -2.06. The predicted octanol–water partition coefficient (Wildman–Crippen LogP) is 2.10. The third-order valence-electron chi connectivity index (χ3n) is 3.37. The lowest BCUT2D eigenvalue weighted by atomic mass is 10.2. The first kappa shape index (κ1) is 16.6. The number of hydrogen-bond donors (Lipinski definition) is 1. The molecule has 2 aromatic heterocycles. The summed E-state index contributed by atoms with van der Waals surface area (Å²) < 4.78 is 28.7. The Balaban J connectivity index is 1.73. The molecule has 3 rings (SSSR count). The number of benzene rings is 1. The van der Waals surface area contributed by atoms with E-state index >= 15 is 0 Å². The van der Waals surface area contributed by atoms with Crippen LogP contribution in [0.15, 0.2) is 53.8 Å². The molecule has 1 N–H and O–H groups in total. The van der Waals surface area contributed by atoms with E-state index in [0.29, 0.717) is 10.7 Å². The smallest absolute Gasteiger partial charge is 0.240 e. The molecule has 0 bridgehead atoms. The summed E-state index contributed by atoms with van der Waals surface area (Å²) in [6, 6.07) is 8.15. The molecule has 24 heavy (non-hydrogen) atoms. The molecule has 7 nitrogen and oxygen atoms in total. The number of hydrogen-bond acceptors (Lipinski definition) is 5. The summed E-state index contributed by atoms with van der Waals surface area (Å²) in [6.07, 6.45) is 4.93. The van der Waals surface area contributed by atoms with Gasteiger partial charge in [-0.2, -0.15) is 0 Å². The SMILES string of the molecule is Cc1ccc(S(=O)(=O)NCc2cn(-c3ccncc3)nn2)cc1Cl. The topological polar surface area (TPSA) is 89.8 Å². The van der Waals surface area contributed by atoms with Crippen molar-refractivity contribution in [2.75, 3.05) is 0 Å². The quantitative estimate of drug-likeness (QED) is 0.749. The minimum Gasteiger partial charge on any atom is -0.265 e. The largest absolute Gasteiger partial charge is 0.265 e. The normalized spacial score (nSPS) is 11.6. The monoisotopic (exact) mass is 363 g/mol. The van der Waals surface area contributed by atoms with Crippen LogP contribution in [0, 0.1) is 6.92 Å². The molecule has 1 aromatic carbocycles. The molecule has 0 amide bonds. The van der Waals surface area contributed by atoms with Gasteiger partial charge in [0, 0.05) is 17.4 Å². The Bertz CT molecular complexity index is 957. The molecular weight excluding hydrogens is 350 g/mol. The third kappa shape index (κ3) is 3.61. The molecule has 0 unspecified atom stereocenters. The van der Waals surface area contributed by atoms with Gasteiger partial charge in [0.05, 0.1) is 29.0 Å². The van der Waals surface area contributed by atoms with Crippen LogP contribution >= 0.6 is 11.6 Å². The van der Waals surface area contributed by atoms with E-state index in [1.807, 2.05) is 6.92 Å². The maximum absolute atomic E-state index is 12.3. The predicted molar refractivity (Wildman–Crippen MR) is 89.4 cm³/mol. The molecular formula is C15H14ClN5O2S. The number of nitrogens with one attached hydrogen (secondary N) is 1. The first-order valence-corrected chi connectivity index (χ1v) is 8.89. The van der Waals surface area contributed by atoms with Crippen molar-refractivity contribution in [2.24, 2.45) is 0 Å². The zero-order chi connectivity index (χ0) is 17.2. The van der Waals surface area contributed by atoms with Gasteiger partial charge in [-0.1, -0.05) is 22.9 Å². The molecule has 3 aromatic rings. The number of sulfonamides is 1. The Morgan fingerprint density at radius 2 is 1.96 bits per heavy atom. The zero-order valence-corrected chi connectivity index (χ0v) is 14.3. The van der Waals surface area contributed by atoms with E-state index < -0.39 is 10.0 Å². The average Bonchev–Trinajstić information content (AvgIpc) is 3.05. The second-order valence-electron chi connectivity index (χ2n) is 5.10. The first-order valence-electron chi connectivity index (χ1n) is 7.03. The van der Waals surface area contributed by atoms with Crippen molar-refractivity contribution < 1.29 is 8.42 Å². The van der Waals surface area contributed by atoms with E-state index in [2.05, 4.69) is 20.0 Å². The highest BCUT2D eigenvalue weighted by atomic mass is 35.5.